The van der Waals surface area contributed by atoms with E-state index < -0.39 is 23.8 Å². The van der Waals surface area contributed by atoms with Crippen LogP contribution in [0.4, 0.5) is 10.5 Å². The molecule has 7 heteroatoms. The second kappa shape index (κ2) is 17.2. The topological polar surface area (TPSA) is 87.7 Å². The van der Waals surface area contributed by atoms with Gasteiger partial charge in [0.2, 0.25) is 5.91 Å². The highest BCUT2D eigenvalue weighted by molar-refractivity contribution is 6.00. The standard InChI is InChI=1S/C37H57N3O4/c1-11-13-14-15-16-17-23-40(35(42)32(26(4)12-2)39-36(43)44-37(8,9)10)33(30-22-21-25(3)24-29(30)7)34(41)38-31-27(5)19-18-20-28(31)6/h18-22,24,26,32-33H,11-17,23H2,1-10H3,(H,38,41)(H,39,43). The molecule has 0 aliphatic carbocycles. The van der Waals surface area contributed by atoms with Crippen molar-refractivity contribution in [1.29, 1.82) is 0 Å². The molecule has 244 valence electrons. The third-order valence-corrected chi connectivity index (χ3v) is 8.20. The molecule has 0 fully saturated rings. The van der Waals surface area contributed by atoms with Crippen LogP contribution in [-0.4, -0.2) is 41.0 Å². The third-order valence-electron chi connectivity index (χ3n) is 8.20. The molecule has 0 saturated heterocycles. The zero-order chi connectivity index (χ0) is 33.0. The largest absolute Gasteiger partial charge is 0.444 e. The third kappa shape index (κ3) is 11.0. The number of rotatable bonds is 15. The molecule has 3 unspecified atom stereocenters. The minimum Gasteiger partial charge on any atom is -0.444 e. The Morgan fingerprint density at radius 1 is 0.864 bits per heavy atom. The van der Waals surface area contributed by atoms with Crippen molar-refractivity contribution < 1.29 is 19.1 Å². The molecule has 0 aliphatic heterocycles. The maximum atomic E-state index is 14.7. The lowest BCUT2D eigenvalue weighted by Gasteiger charge is -2.37. The number of anilines is 1. The van der Waals surface area contributed by atoms with Gasteiger partial charge < -0.3 is 20.3 Å². The molecule has 0 aromatic heterocycles. The van der Waals surface area contributed by atoms with Crippen molar-refractivity contribution in [3.05, 3.63) is 64.2 Å². The van der Waals surface area contributed by atoms with Crippen molar-refractivity contribution in [3.8, 4) is 0 Å². The van der Waals surface area contributed by atoms with Gasteiger partial charge in [0.25, 0.3) is 5.91 Å². The molecule has 2 rings (SSSR count). The van der Waals surface area contributed by atoms with E-state index in [9.17, 15) is 14.4 Å². The normalized spacial score (nSPS) is 13.5. The Kier molecular flexibility index (Phi) is 14.4. The first-order valence-corrected chi connectivity index (χ1v) is 16.4. The Morgan fingerprint density at radius 2 is 1.48 bits per heavy atom. The van der Waals surface area contributed by atoms with E-state index in [2.05, 4.69) is 17.6 Å². The summed E-state index contributed by atoms with van der Waals surface area (Å²) in [7, 11) is 0. The molecule has 7 nitrogen and oxygen atoms in total. The second-order valence-corrected chi connectivity index (χ2v) is 13.3. The van der Waals surface area contributed by atoms with Crippen LogP contribution in [-0.2, 0) is 14.3 Å². The summed E-state index contributed by atoms with van der Waals surface area (Å²) in [6.07, 6.45) is 6.30. The number of unbranched alkanes of at least 4 members (excludes halogenated alkanes) is 5. The molecule has 2 aromatic rings. The maximum Gasteiger partial charge on any atom is 0.408 e. The first-order chi connectivity index (χ1) is 20.7. The Bertz CT molecular complexity index is 1230. The van der Waals surface area contributed by atoms with Crippen molar-refractivity contribution in [2.24, 2.45) is 5.92 Å². The van der Waals surface area contributed by atoms with E-state index in [0.29, 0.717) is 13.0 Å². The fourth-order valence-electron chi connectivity index (χ4n) is 5.51. The second-order valence-electron chi connectivity index (χ2n) is 13.3. The van der Waals surface area contributed by atoms with Crippen LogP contribution in [0.25, 0.3) is 0 Å². The molecule has 2 N–H and O–H groups in total. The lowest BCUT2D eigenvalue weighted by molar-refractivity contribution is -0.142. The number of carbonyl (C=O) groups is 3. The number of amides is 3. The molecular formula is C37H57N3O4. The number of hydrogen-bond acceptors (Lipinski definition) is 4. The van der Waals surface area contributed by atoms with Gasteiger partial charge in [-0.2, -0.15) is 0 Å². The monoisotopic (exact) mass is 607 g/mol. The SMILES string of the molecule is CCCCCCCCN(C(=O)C(NC(=O)OC(C)(C)C)C(C)CC)C(C(=O)Nc1c(C)cccc1C)c1ccc(C)cc1C. The van der Waals surface area contributed by atoms with Gasteiger partial charge in [-0.25, -0.2) is 4.79 Å². The van der Waals surface area contributed by atoms with Gasteiger partial charge in [-0.3, -0.25) is 9.59 Å². The van der Waals surface area contributed by atoms with E-state index >= 15 is 0 Å². The van der Waals surface area contributed by atoms with Crippen LogP contribution in [0.1, 0.15) is 120 Å². The van der Waals surface area contributed by atoms with E-state index in [4.69, 9.17) is 4.74 Å². The molecule has 3 amide bonds. The first kappa shape index (κ1) is 36.8. The van der Waals surface area contributed by atoms with Gasteiger partial charge in [-0.15, -0.1) is 0 Å². The van der Waals surface area contributed by atoms with Crippen molar-refractivity contribution in [2.45, 2.75) is 132 Å². The Morgan fingerprint density at radius 3 is 2.05 bits per heavy atom. The molecular weight excluding hydrogens is 550 g/mol. The molecule has 0 heterocycles. The molecule has 3 atom stereocenters. The first-order valence-electron chi connectivity index (χ1n) is 16.4. The summed E-state index contributed by atoms with van der Waals surface area (Å²) in [6.45, 7) is 19.9. The number of hydrogen-bond donors (Lipinski definition) is 2. The number of alkyl carbamates (subject to hydrolysis) is 1. The predicted molar refractivity (Wildman–Crippen MR) is 181 cm³/mol. The Hall–Kier alpha value is -3.35. The fraction of sp³-hybridized carbons (Fsp3) is 0.595. The zero-order valence-electron chi connectivity index (χ0n) is 28.9. The number of nitrogens with zero attached hydrogens (tertiary/aromatic N) is 1. The lowest BCUT2D eigenvalue weighted by atomic mass is 9.93. The molecule has 0 saturated carbocycles. The lowest BCUT2D eigenvalue weighted by Crippen LogP contribution is -2.55. The average Bonchev–Trinajstić information content (AvgIpc) is 2.94. The minimum atomic E-state index is -0.884. The summed E-state index contributed by atoms with van der Waals surface area (Å²) in [6, 6.07) is 10.2. The molecule has 0 aliphatic rings. The summed E-state index contributed by atoms with van der Waals surface area (Å²) in [5.74, 6) is -0.724. The summed E-state index contributed by atoms with van der Waals surface area (Å²) >= 11 is 0. The van der Waals surface area contributed by atoms with Crippen LogP contribution in [0.15, 0.2) is 36.4 Å². The summed E-state index contributed by atoms with van der Waals surface area (Å²) in [4.78, 5) is 43.8. The van der Waals surface area contributed by atoms with Gasteiger partial charge in [0.15, 0.2) is 0 Å². The van der Waals surface area contributed by atoms with Crippen LogP contribution in [0.3, 0.4) is 0 Å². The van der Waals surface area contributed by atoms with Crippen LogP contribution in [0.5, 0.6) is 0 Å². The summed E-state index contributed by atoms with van der Waals surface area (Å²) in [5, 5.41) is 6.06. The van der Waals surface area contributed by atoms with Crippen LogP contribution >= 0.6 is 0 Å². The number of carbonyl (C=O) groups excluding carboxylic acids is 3. The van der Waals surface area contributed by atoms with Crippen LogP contribution in [0, 0.1) is 33.6 Å². The number of aryl methyl sites for hydroxylation is 4. The molecule has 2 aromatic carbocycles. The quantitative estimate of drug-likeness (QED) is 0.198. The fourth-order valence-corrected chi connectivity index (χ4v) is 5.51. The predicted octanol–water partition coefficient (Wildman–Crippen LogP) is 8.73. The highest BCUT2D eigenvalue weighted by atomic mass is 16.6. The number of para-hydroxylation sites is 1. The zero-order valence-corrected chi connectivity index (χ0v) is 28.9. The van der Waals surface area contributed by atoms with Crippen LogP contribution in [0.2, 0.25) is 0 Å². The van der Waals surface area contributed by atoms with Crippen molar-refractivity contribution in [3.63, 3.8) is 0 Å². The average molecular weight is 608 g/mol. The van der Waals surface area contributed by atoms with Gasteiger partial charge in [0, 0.05) is 12.2 Å². The van der Waals surface area contributed by atoms with Gasteiger partial charge in [0.1, 0.15) is 17.7 Å². The molecule has 0 bridgehead atoms. The van der Waals surface area contributed by atoms with Crippen molar-refractivity contribution in [2.75, 3.05) is 11.9 Å². The van der Waals surface area contributed by atoms with Gasteiger partial charge >= 0.3 is 6.09 Å². The van der Waals surface area contributed by atoms with E-state index in [-0.39, 0.29) is 17.7 Å². The summed E-state index contributed by atoms with van der Waals surface area (Å²) in [5.41, 5.74) is 4.75. The van der Waals surface area contributed by atoms with E-state index in [1.807, 2.05) is 77.9 Å². The Balaban J connectivity index is 2.62. The number of ether oxygens (including phenoxy) is 1. The van der Waals surface area contributed by atoms with E-state index in [0.717, 1.165) is 65.6 Å². The van der Waals surface area contributed by atoms with E-state index in [1.165, 1.54) is 6.42 Å². The van der Waals surface area contributed by atoms with Crippen LogP contribution < -0.4 is 10.6 Å². The molecule has 0 spiro atoms. The number of benzene rings is 2. The van der Waals surface area contributed by atoms with Gasteiger partial charge in [0.05, 0.1) is 0 Å². The molecule has 0 radical (unpaired) electrons. The molecule has 44 heavy (non-hydrogen) atoms. The van der Waals surface area contributed by atoms with Crippen molar-refractivity contribution in [1.82, 2.24) is 10.2 Å². The van der Waals surface area contributed by atoms with Crippen molar-refractivity contribution >= 4 is 23.6 Å². The Labute approximate surface area is 266 Å². The smallest absolute Gasteiger partial charge is 0.408 e. The van der Waals surface area contributed by atoms with E-state index in [1.54, 1.807) is 25.7 Å². The highest BCUT2D eigenvalue weighted by Gasteiger charge is 2.38. The number of nitrogens with one attached hydrogen (secondary N) is 2. The van der Waals surface area contributed by atoms with Gasteiger partial charge in [-0.05, 0) is 83.1 Å². The van der Waals surface area contributed by atoms with Gasteiger partial charge in [-0.1, -0.05) is 101 Å². The maximum absolute atomic E-state index is 14.7. The highest BCUT2D eigenvalue weighted by Crippen LogP contribution is 2.31. The summed E-state index contributed by atoms with van der Waals surface area (Å²) < 4.78 is 5.56. The minimum absolute atomic E-state index is 0.177.